The van der Waals surface area contributed by atoms with Crippen molar-refractivity contribution in [3.05, 3.63) is 64.6 Å². The summed E-state index contributed by atoms with van der Waals surface area (Å²) in [6, 6.07) is 14.7. The highest BCUT2D eigenvalue weighted by atomic mass is 32.2. The Balaban J connectivity index is 1.64. The zero-order valence-corrected chi connectivity index (χ0v) is 19.7. The van der Waals surface area contributed by atoms with Gasteiger partial charge in [-0.1, -0.05) is 68.2 Å². The second-order valence-electron chi connectivity index (χ2n) is 8.21. The molecule has 6 nitrogen and oxygen atoms in total. The number of nitrogens with one attached hydrogen (secondary N) is 1. The number of thiocarbonyl (C=S) groups is 1. The number of amides is 3. The Morgan fingerprint density at radius 2 is 1.81 bits per heavy atom. The van der Waals surface area contributed by atoms with Crippen LogP contribution in [0.4, 0.5) is 11.4 Å². The molecule has 0 spiro atoms. The zero-order chi connectivity index (χ0) is 23.0. The molecule has 8 heteroatoms. The minimum atomic E-state index is -0.365. The molecule has 0 unspecified atom stereocenters. The number of thioether (sulfide) groups is 1. The molecule has 0 aromatic heterocycles. The van der Waals surface area contributed by atoms with E-state index in [2.05, 4.69) is 5.32 Å². The summed E-state index contributed by atoms with van der Waals surface area (Å²) in [5.41, 5.74) is 3.26. The summed E-state index contributed by atoms with van der Waals surface area (Å²) >= 11 is 6.57. The Morgan fingerprint density at radius 3 is 2.53 bits per heavy atom. The van der Waals surface area contributed by atoms with E-state index in [4.69, 9.17) is 12.2 Å². The van der Waals surface area contributed by atoms with Gasteiger partial charge in [-0.05, 0) is 36.6 Å². The first-order valence-electron chi connectivity index (χ1n) is 10.3. The summed E-state index contributed by atoms with van der Waals surface area (Å²) in [6.45, 7) is 6.31. The van der Waals surface area contributed by atoms with E-state index in [0.29, 0.717) is 38.3 Å². The van der Waals surface area contributed by atoms with E-state index in [1.54, 1.807) is 23.1 Å². The molecule has 1 N–H and O–H groups in total. The Hall–Kier alpha value is -2.97. The van der Waals surface area contributed by atoms with E-state index in [9.17, 15) is 14.4 Å². The molecule has 2 heterocycles. The number of anilines is 2. The quantitative estimate of drug-likeness (QED) is 0.529. The van der Waals surface area contributed by atoms with Gasteiger partial charge < -0.3 is 5.32 Å². The number of aryl methyl sites for hydroxylation is 1. The molecule has 0 radical (unpaired) electrons. The molecule has 2 aromatic carbocycles. The minimum absolute atomic E-state index is 0.153. The third-order valence-electron chi connectivity index (χ3n) is 5.15. The van der Waals surface area contributed by atoms with Crippen LogP contribution in [-0.4, -0.2) is 40.0 Å². The fourth-order valence-electron chi connectivity index (χ4n) is 3.80. The number of carbonyl (C=O) groups is 3. The van der Waals surface area contributed by atoms with Crippen molar-refractivity contribution in [1.29, 1.82) is 0 Å². The summed E-state index contributed by atoms with van der Waals surface area (Å²) in [4.78, 5) is 42.6. The van der Waals surface area contributed by atoms with E-state index < -0.39 is 0 Å². The Morgan fingerprint density at radius 1 is 1.06 bits per heavy atom. The first-order chi connectivity index (χ1) is 15.3. The van der Waals surface area contributed by atoms with Gasteiger partial charge in [0.05, 0.1) is 16.2 Å². The standard InChI is InChI=1S/C24H23N3O3S2/c1-14(2)12-27-23(30)21(32-24(27)31)20-17-9-4-5-10-18(17)26(22(20)29)13-19(28)25-16-8-6-7-15(3)11-16/h4-11,14H,12-13H2,1-3H3,(H,25,28)/b21-20+. The lowest BCUT2D eigenvalue weighted by atomic mass is 10.1. The second-order valence-corrected chi connectivity index (χ2v) is 9.85. The summed E-state index contributed by atoms with van der Waals surface area (Å²) in [5, 5.41) is 2.84. The number of carbonyl (C=O) groups excluding carboxylic acids is 3. The minimum Gasteiger partial charge on any atom is -0.325 e. The van der Waals surface area contributed by atoms with Crippen LogP contribution in [0.15, 0.2) is 53.4 Å². The predicted octanol–water partition coefficient (Wildman–Crippen LogP) is 4.21. The van der Waals surface area contributed by atoms with Crippen molar-refractivity contribution in [2.75, 3.05) is 23.3 Å². The summed E-state index contributed by atoms with van der Waals surface area (Å²) in [5.74, 6) is -0.684. The normalized spacial score (nSPS) is 18.1. The monoisotopic (exact) mass is 465 g/mol. The van der Waals surface area contributed by atoms with Crippen LogP contribution in [0, 0.1) is 12.8 Å². The smallest absolute Gasteiger partial charge is 0.267 e. The summed E-state index contributed by atoms with van der Waals surface area (Å²) in [6.07, 6.45) is 0. The van der Waals surface area contributed by atoms with Crippen LogP contribution in [-0.2, 0) is 14.4 Å². The van der Waals surface area contributed by atoms with E-state index in [1.165, 1.54) is 4.90 Å². The number of fused-ring (bicyclic) bond motifs is 1. The number of nitrogens with zero attached hydrogens (tertiary/aromatic N) is 2. The molecular weight excluding hydrogens is 442 g/mol. The molecule has 0 aliphatic carbocycles. The molecule has 2 aliphatic rings. The van der Waals surface area contributed by atoms with E-state index in [1.807, 2.05) is 51.1 Å². The van der Waals surface area contributed by atoms with Crippen molar-refractivity contribution < 1.29 is 14.4 Å². The zero-order valence-electron chi connectivity index (χ0n) is 18.0. The molecular formula is C24H23N3O3S2. The maximum atomic E-state index is 13.4. The van der Waals surface area contributed by atoms with Crippen LogP contribution in [0.1, 0.15) is 25.0 Å². The number of hydrogen-bond acceptors (Lipinski definition) is 5. The maximum Gasteiger partial charge on any atom is 0.267 e. The van der Waals surface area contributed by atoms with Gasteiger partial charge in [0, 0.05) is 17.8 Å². The van der Waals surface area contributed by atoms with Crippen LogP contribution in [0.5, 0.6) is 0 Å². The third kappa shape index (κ3) is 4.20. The summed E-state index contributed by atoms with van der Waals surface area (Å²) < 4.78 is 0.451. The molecule has 0 atom stereocenters. The van der Waals surface area contributed by atoms with Gasteiger partial charge >= 0.3 is 0 Å². The van der Waals surface area contributed by atoms with Crippen LogP contribution >= 0.6 is 24.0 Å². The lowest BCUT2D eigenvalue weighted by Crippen LogP contribution is -2.36. The Kier molecular flexibility index (Phi) is 6.17. The van der Waals surface area contributed by atoms with Crippen LogP contribution in [0.2, 0.25) is 0 Å². The molecule has 0 bridgehead atoms. The average Bonchev–Trinajstić information content (AvgIpc) is 3.15. The van der Waals surface area contributed by atoms with E-state index >= 15 is 0 Å². The average molecular weight is 466 g/mol. The summed E-state index contributed by atoms with van der Waals surface area (Å²) in [7, 11) is 0. The first kappa shape index (κ1) is 22.2. The molecule has 4 rings (SSSR count). The van der Waals surface area contributed by atoms with Gasteiger partial charge in [0.2, 0.25) is 5.91 Å². The van der Waals surface area contributed by atoms with Gasteiger partial charge in [-0.3, -0.25) is 24.2 Å². The highest BCUT2D eigenvalue weighted by molar-refractivity contribution is 8.26. The van der Waals surface area contributed by atoms with Crippen LogP contribution in [0.3, 0.4) is 0 Å². The largest absolute Gasteiger partial charge is 0.325 e. The number of rotatable bonds is 5. The fraction of sp³-hybridized carbons (Fsp3) is 0.250. The fourth-order valence-corrected chi connectivity index (χ4v) is 5.14. The molecule has 1 fully saturated rings. The van der Waals surface area contributed by atoms with Crippen molar-refractivity contribution in [2.24, 2.45) is 5.92 Å². The van der Waals surface area contributed by atoms with E-state index in [0.717, 1.165) is 17.3 Å². The Labute approximate surface area is 196 Å². The van der Waals surface area contributed by atoms with Crippen LogP contribution < -0.4 is 10.2 Å². The van der Waals surface area contributed by atoms with Gasteiger partial charge in [0.15, 0.2) is 0 Å². The molecule has 2 aromatic rings. The van der Waals surface area contributed by atoms with Crippen molar-refractivity contribution in [1.82, 2.24) is 4.90 Å². The molecule has 164 valence electrons. The lowest BCUT2D eigenvalue weighted by molar-refractivity contribution is -0.122. The Bertz CT molecular complexity index is 1170. The van der Waals surface area contributed by atoms with Gasteiger partial charge in [0.25, 0.3) is 11.8 Å². The maximum absolute atomic E-state index is 13.4. The topological polar surface area (TPSA) is 69.7 Å². The van der Waals surface area contributed by atoms with Gasteiger partial charge in [-0.25, -0.2) is 0 Å². The van der Waals surface area contributed by atoms with Crippen molar-refractivity contribution in [2.45, 2.75) is 20.8 Å². The van der Waals surface area contributed by atoms with Crippen molar-refractivity contribution in [3.63, 3.8) is 0 Å². The van der Waals surface area contributed by atoms with Crippen LogP contribution in [0.25, 0.3) is 5.57 Å². The lowest BCUT2D eigenvalue weighted by Gasteiger charge is -2.17. The molecule has 2 aliphatic heterocycles. The van der Waals surface area contributed by atoms with Gasteiger partial charge in [0.1, 0.15) is 10.9 Å². The molecule has 32 heavy (non-hydrogen) atoms. The first-order valence-corrected chi connectivity index (χ1v) is 11.5. The SMILES string of the molecule is Cc1cccc(NC(=O)CN2C(=O)/C(=C3/SC(=S)N(CC(C)C)C3=O)c3ccccc32)c1. The molecule has 1 saturated heterocycles. The van der Waals surface area contributed by atoms with Gasteiger partial charge in [-0.2, -0.15) is 0 Å². The molecule has 0 saturated carbocycles. The highest BCUT2D eigenvalue weighted by Gasteiger charge is 2.42. The predicted molar refractivity (Wildman–Crippen MR) is 132 cm³/mol. The number of hydrogen-bond donors (Lipinski definition) is 1. The number of benzene rings is 2. The third-order valence-corrected chi connectivity index (χ3v) is 6.60. The van der Waals surface area contributed by atoms with Crippen molar-refractivity contribution in [3.8, 4) is 0 Å². The second kappa shape index (κ2) is 8.88. The highest BCUT2D eigenvalue weighted by Crippen LogP contribution is 2.44. The van der Waals surface area contributed by atoms with Crippen molar-refractivity contribution >= 4 is 63.0 Å². The molecule has 3 amide bonds. The van der Waals surface area contributed by atoms with E-state index in [-0.39, 0.29) is 30.2 Å². The number of para-hydroxylation sites is 1. The van der Waals surface area contributed by atoms with Gasteiger partial charge in [-0.15, -0.1) is 0 Å².